The number of nitrogens with one attached hydrogen (secondary N) is 2. The fourth-order valence-corrected chi connectivity index (χ4v) is 1.44. The van der Waals surface area contributed by atoms with Crippen LogP contribution in [0.1, 0.15) is 10.5 Å². The monoisotopic (exact) mass is 249 g/mol. The second-order valence-corrected chi connectivity index (χ2v) is 3.70. The van der Waals surface area contributed by atoms with E-state index in [-0.39, 0.29) is 11.3 Å². The smallest absolute Gasteiger partial charge is 0.274 e. The van der Waals surface area contributed by atoms with Gasteiger partial charge in [-0.05, 0) is 18.2 Å². The first-order valence-corrected chi connectivity index (χ1v) is 5.14. The summed E-state index contributed by atoms with van der Waals surface area (Å²) in [6, 6.07) is 7.83. The first-order chi connectivity index (χ1) is 8.15. The lowest BCUT2D eigenvalue weighted by atomic mass is 10.3. The van der Waals surface area contributed by atoms with Gasteiger partial charge in [-0.3, -0.25) is 9.59 Å². The van der Waals surface area contributed by atoms with Gasteiger partial charge in [0.15, 0.2) is 0 Å². The summed E-state index contributed by atoms with van der Waals surface area (Å²) in [6.07, 6.45) is 1.18. The molecule has 0 unspecified atom stereocenters. The van der Waals surface area contributed by atoms with E-state index < -0.39 is 5.91 Å². The van der Waals surface area contributed by atoms with E-state index in [1.807, 2.05) is 0 Å². The molecule has 17 heavy (non-hydrogen) atoms. The number of rotatable bonds is 2. The molecular formula is C11H8ClN3O2. The second kappa shape index (κ2) is 4.80. The number of carbonyl (C=O) groups excluding carboxylic acids is 1. The van der Waals surface area contributed by atoms with Gasteiger partial charge in [0.05, 0.1) is 6.33 Å². The van der Waals surface area contributed by atoms with Crippen LogP contribution < -0.4 is 10.9 Å². The molecule has 6 heteroatoms. The molecule has 5 nitrogen and oxygen atoms in total. The minimum absolute atomic E-state index is 0.0497. The van der Waals surface area contributed by atoms with Gasteiger partial charge in [-0.2, -0.15) is 0 Å². The highest BCUT2D eigenvalue weighted by atomic mass is 35.5. The lowest BCUT2D eigenvalue weighted by Gasteiger charge is -2.04. The standard InChI is InChI=1S/C11H8ClN3O2/c12-7-2-1-3-8(4-7)15-11(17)9-5-10(16)14-6-13-9/h1-6H,(H,15,17)(H,13,14,16). The molecule has 0 aliphatic carbocycles. The zero-order valence-corrected chi connectivity index (χ0v) is 9.36. The van der Waals surface area contributed by atoms with Crippen molar-refractivity contribution in [2.75, 3.05) is 5.32 Å². The van der Waals surface area contributed by atoms with E-state index in [9.17, 15) is 9.59 Å². The Balaban J connectivity index is 2.20. The first-order valence-electron chi connectivity index (χ1n) is 4.77. The highest BCUT2D eigenvalue weighted by Gasteiger charge is 2.07. The minimum Gasteiger partial charge on any atom is -0.321 e. The maximum atomic E-state index is 11.7. The Kier molecular flexibility index (Phi) is 3.20. The van der Waals surface area contributed by atoms with Crippen molar-refractivity contribution in [1.82, 2.24) is 9.97 Å². The van der Waals surface area contributed by atoms with Crippen molar-refractivity contribution < 1.29 is 4.79 Å². The Bertz CT molecular complexity index is 609. The molecule has 0 atom stereocenters. The molecule has 2 rings (SSSR count). The number of hydrogen-bond acceptors (Lipinski definition) is 3. The number of aromatic nitrogens is 2. The van der Waals surface area contributed by atoms with Gasteiger partial charge >= 0.3 is 0 Å². The van der Waals surface area contributed by atoms with E-state index in [1.165, 1.54) is 6.33 Å². The molecule has 86 valence electrons. The van der Waals surface area contributed by atoms with Gasteiger partial charge in [0.2, 0.25) is 0 Å². The second-order valence-electron chi connectivity index (χ2n) is 3.26. The molecular weight excluding hydrogens is 242 g/mol. The van der Waals surface area contributed by atoms with Crippen LogP contribution in [-0.2, 0) is 0 Å². The Labute approximate surface area is 101 Å². The topological polar surface area (TPSA) is 74.8 Å². The predicted octanol–water partition coefficient (Wildman–Crippen LogP) is 1.68. The first kappa shape index (κ1) is 11.3. The van der Waals surface area contributed by atoms with Crippen LogP contribution in [0.4, 0.5) is 5.69 Å². The highest BCUT2D eigenvalue weighted by molar-refractivity contribution is 6.30. The van der Waals surface area contributed by atoms with Crippen molar-refractivity contribution in [2.24, 2.45) is 0 Å². The summed E-state index contributed by atoms with van der Waals surface area (Å²) in [4.78, 5) is 28.8. The van der Waals surface area contributed by atoms with E-state index >= 15 is 0 Å². The van der Waals surface area contributed by atoms with Crippen LogP contribution in [0.5, 0.6) is 0 Å². The van der Waals surface area contributed by atoms with Crippen LogP contribution >= 0.6 is 11.6 Å². The Morgan fingerprint density at radius 2 is 2.18 bits per heavy atom. The number of amides is 1. The average molecular weight is 250 g/mol. The number of anilines is 1. The summed E-state index contributed by atoms with van der Waals surface area (Å²) in [6.45, 7) is 0. The summed E-state index contributed by atoms with van der Waals surface area (Å²) >= 11 is 5.78. The molecule has 1 heterocycles. The number of carbonyl (C=O) groups is 1. The number of benzene rings is 1. The van der Waals surface area contributed by atoms with Crippen LogP contribution in [0.25, 0.3) is 0 Å². The van der Waals surface area contributed by atoms with Crippen molar-refractivity contribution in [3.8, 4) is 0 Å². The van der Waals surface area contributed by atoms with Gasteiger partial charge in [-0.25, -0.2) is 4.98 Å². The van der Waals surface area contributed by atoms with Crippen molar-refractivity contribution in [1.29, 1.82) is 0 Å². The number of nitrogens with zero attached hydrogens (tertiary/aromatic N) is 1. The third-order valence-electron chi connectivity index (χ3n) is 1.99. The zero-order chi connectivity index (χ0) is 12.3. The van der Waals surface area contributed by atoms with Crippen molar-refractivity contribution in [3.63, 3.8) is 0 Å². The average Bonchev–Trinajstić information content (AvgIpc) is 2.29. The quantitative estimate of drug-likeness (QED) is 0.850. The molecule has 1 amide bonds. The van der Waals surface area contributed by atoms with Crippen LogP contribution in [0.3, 0.4) is 0 Å². The Morgan fingerprint density at radius 3 is 2.88 bits per heavy atom. The molecule has 0 saturated carbocycles. The summed E-state index contributed by atoms with van der Waals surface area (Å²) in [5.41, 5.74) is 0.217. The number of hydrogen-bond donors (Lipinski definition) is 2. The van der Waals surface area contributed by atoms with Gasteiger partial charge in [-0.15, -0.1) is 0 Å². The maximum Gasteiger partial charge on any atom is 0.274 e. The number of H-pyrrole nitrogens is 1. The van der Waals surface area contributed by atoms with Crippen molar-refractivity contribution >= 4 is 23.2 Å². The third-order valence-corrected chi connectivity index (χ3v) is 2.23. The van der Waals surface area contributed by atoms with Crippen molar-refractivity contribution in [2.45, 2.75) is 0 Å². The van der Waals surface area contributed by atoms with Gasteiger partial charge in [-0.1, -0.05) is 17.7 Å². The summed E-state index contributed by atoms with van der Waals surface area (Å²) < 4.78 is 0. The normalized spacial score (nSPS) is 9.94. The Hall–Kier alpha value is -2.14. The molecule has 0 fully saturated rings. The van der Waals surface area contributed by atoms with Gasteiger partial charge < -0.3 is 10.3 Å². The maximum absolute atomic E-state index is 11.7. The fraction of sp³-hybridized carbons (Fsp3) is 0. The van der Waals surface area contributed by atoms with Crippen molar-refractivity contribution in [3.05, 3.63) is 57.7 Å². The Morgan fingerprint density at radius 1 is 1.35 bits per heavy atom. The molecule has 1 aromatic carbocycles. The lowest BCUT2D eigenvalue weighted by Crippen LogP contribution is -2.17. The van der Waals surface area contributed by atoms with E-state index in [1.54, 1.807) is 24.3 Å². The molecule has 2 aromatic rings. The summed E-state index contributed by atoms with van der Waals surface area (Å²) in [5.74, 6) is -0.460. The predicted molar refractivity (Wildman–Crippen MR) is 64.3 cm³/mol. The van der Waals surface area contributed by atoms with E-state index in [0.717, 1.165) is 6.07 Å². The molecule has 0 saturated heterocycles. The molecule has 0 radical (unpaired) electrons. The fourth-order valence-electron chi connectivity index (χ4n) is 1.25. The SMILES string of the molecule is O=C(Nc1cccc(Cl)c1)c1cc(=O)[nH]cn1. The van der Waals surface area contributed by atoms with Gasteiger partial charge in [0.1, 0.15) is 5.69 Å². The van der Waals surface area contributed by atoms with Crippen LogP contribution in [0, 0.1) is 0 Å². The molecule has 0 aliphatic rings. The van der Waals surface area contributed by atoms with Gasteiger partial charge in [0, 0.05) is 16.8 Å². The molecule has 0 bridgehead atoms. The highest BCUT2D eigenvalue weighted by Crippen LogP contribution is 2.15. The van der Waals surface area contributed by atoms with E-state index in [4.69, 9.17) is 11.6 Å². The molecule has 2 N–H and O–H groups in total. The summed E-state index contributed by atoms with van der Waals surface area (Å²) in [5, 5.41) is 3.10. The minimum atomic E-state index is -0.460. The lowest BCUT2D eigenvalue weighted by molar-refractivity contribution is 0.102. The molecule has 0 spiro atoms. The number of halogens is 1. The van der Waals surface area contributed by atoms with Crippen LogP contribution in [-0.4, -0.2) is 15.9 Å². The van der Waals surface area contributed by atoms with Crippen LogP contribution in [0.2, 0.25) is 5.02 Å². The summed E-state index contributed by atoms with van der Waals surface area (Å²) in [7, 11) is 0. The van der Waals surface area contributed by atoms with E-state index in [0.29, 0.717) is 10.7 Å². The number of aromatic amines is 1. The molecule has 0 aliphatic heterocycles. The zero-order valence-electron chi connectivity index (χ0n) is 8.61. The molecule has 1 aromatic heterocycles. The van der Waals surface area contributed by atoms with Gasteiger partial charge in [0.25, 0.3) is 11.5 Å². The van der Waals surface area contributed by atoms with E-state index in [2.05, 4.69) is 15.3 Å². The third kappa shape index (κ3) is 2.92. The van der Waals surface area contributed by atoms with Crippen LogP contribution in [0.15, 0.2) is 41.5 Å². The largest absolute Gasteiger partial charge is 0.321 e.